The number of benzene rings is 2. The van der Waals surface area contributed by atoms with E-state index in [1.165, 1.54) is 22.7 Å². The second kappa shape index (κ2) is 9.45. The van der Waals surface area contributed by atoms with Crippen LogP contribution >= 0.6 is 27.7 Å². The van der Waals surface area contributed by atoms with Crippen molar-refractivity contribution in [3.05, 3.63) is 62.7 Å². The van der Waals surface area contributed by atoms with Gasteiger partial charge in [0.1, 0.15) is 12.4 Å². The fourth-order valence-corrected chi connectivity index (χ4v) is 4.24. The zero-order valence-electron chi connectivity index (χ0n) is 16.2. The van der Waals surface area contributed by atoms with E-state index in [-0.39, 0.29) is 18.3 Å². The molecule has 0 unspecified atom stereocenters. The lowest BCUT2D eigenvalue weighted by Crippen LogP contribution is -2.23. The molecule has 0 bridgehead atoms. The van der Waals surface area contributed by atoms with Gasteiger partial charge in [-0.1, -0.05) is 18.2 Å². The topological polar surface area (TPSA) is 51.1 Å². The first-order valence-electron chi connectivity index (χ1n) is 8.91. The van der Waals surface area contributed by atoms with Gasteiger partial charge in [0, 0.05) is 19.7 Å². The van der Waals surface area contributed by atoms with Crippen LogP contribution < -0.4 is 9.47 Å². The number of halogens is 2. The molecule has 0 spiro atoms. The van der Waals surface area contributed by atoms with Gasteiger partial charge in [0.2, 0.25) is 0 Å². The molecule has 1 fully saturated rings. The molecule has 1 saturated heterocycles. The number of ether oxygens (including phenoxy) is 2. The summed E-state index contributed by atoms with van der Waals surface area (Å²) in [6.07, 6.45) is 1.79. The van der Waals surface area contributed by atoms with E-state index >= 15 is 0 Å². The van der Waals surface area contributed by atoms with Crippen molar-refractivity contribution >= 4 is 44.8 Å². The van der Waals surface area contributed by atoms with E-state index in [9.17, 15) is 9.18 Å². The Hall–Kier alpha value is -2.32. The van der Waals surface area contributed by atoms with Crippen LogP contribution in [0.5, 0.6) is 11.5 Å². The van der Waals surface area contributed by atoms with Gasteiger partial charge in [-0.15, -0.1) is 0 Å². The van der Waals surface area contributed by atoms with E-state index in [0.717, 1.165) is 5.56 Å². The van der Waals surface area contributed by atoms with Crippen LogP contribution in [-0.2, 0) is 11.4 Å². The van der Waals surface area contributed by atoms with Crippen molar-refractivity contribution in [3.63, 3.8) is 0 Å². The monoisotopic (exact) mass is 478 g/mol. The molecule has 1 aliphatic rings. The molecule has 1 aliphatic heterocycles. The quantitative estimate of drug-likeness (QED) is 0.542. The molecule has 0 saturated carbocycles. The average molecular weight is 479 g/mol. The van der Waals surface area contributed by atoms with Crippen LogP contribution in [0.4, 0.5) is 4.39 Å². The summed E-state index contributed by atoms with van der Waals surface area (Å²) in [6.45, 7) is 2.38. The molecule has 0 aliphatic carbocycles. The lowest BCUT2D eigenvalue weighted by atomic mass is 10.1. The normalized spacial score (nSPS) is 16.7. The zero-order chi connectivity index (χ0) is 21.0. The molecule has 0 radical (unpaired) electrons. The Morgan fingerprint density at radius 3 is 2.69 bits per heavy atom. The first-order chi connectivity index (χ1) is 13.9. The third-order valence-electron chi connectivity index (χ3n) is 4.15. The Morgan fingerprint density at radius 1 is 1.28 bits per heavy atom. The van der Waals surface area contributed by atoms with Crippen LogP contribution in [0, 0.1) is 5.82 Å². The van der Waals surface area contributed by atoms with E-state index in [4.69, 9.17) is 9.47 Å². The number of nitrogens with zero attached hydrogens (tertiary/aromatic N) is 2. The molecular formula is C21H20BrFN2O3S. The zero-order valence-corrected chi connectivity index (χ0v) is 18.6. The molecule has 2 aromatic rings. The molecule has 0 aromatic heterocycles. The fourth-order valence-electron chi connectivity index (χ4n) is 2.74. The Morgan fingerprint density at radius 2 is 2.03 bits per heavy atom. The maximum absolute atomic E-state index is 13.9. The van der Waals surface area contributed by atoms with Gasteiger partial charge in [-0.25, -0.2) is 4.39 Å². The lowest BCUT2D eigenvalue weighted by molar-refractivity contribution is -0.121. The van der Waals surface area contributed by atoms with Crippen molar-refractivity contribution < 1.29 is 18.7 Å². The highest BCUT2D eigenvalue weighted by molar-refractivity contribution is 9.10. The van der Waals surface area contributed by atoms with Crippen molar-refractivity contribution in [1.82, 2.24) is 4.90 Å². The first kappa shape index (κ1) is 21.4. The maximum atomic E-state index is 13.9. The van der Waals surface area contributed by atoms with E-state index < -0.39 is 0 Å². The van der Waals surface area contributed by atoms with Crippen molar-refractivity contribution in [2.45, 2.75) is 13.5 Å². The number of amides is 1. The van der Waals surface area contributed by atoms with Crippen molar-refractivity contribution in [2.24, 2.45) is 4.99 Å². The highest BCUT2D eigenvalue weighted by Gasteiger charge is 2.29. The van der Waals surface area contributed by atoms with Crippen LogP contribution in [0.3, 0.4) is 0 Å². The molecule has 1 heterocycles. The van der Waals surface area contributed by atoms with Gasteiger partial charge in [0.05, 0.1) is 16.0 Å². The Kier molecular flexibility index (Phi) is 6.97. The molecule has 2 aromatic carbocycles. The number of carbonyl (C=O) groups excluding carboxylic acids is 1. The molecule has 5 nitrogen and oxygen atoms in total. The van der Waals surface area contributed by atoms with E-state index in [1.807, 2.05) is 13.0 Å². The molecule has 3 rings (SSSR count). The van der Waals surface area contributed by atoms with E-state index in [0.29, 0.717) is 38.2 Å². The predicted molar refractivity (Wildman–Crippen MR) is 118 cm³/mol. The van der Waals surface area contributed by atoms with Gasteiger partial charge in [-0.05, 0) is 64.5 Å². The largest absolute Gasteiger partial charge is 0.490 e. The number of hydrogen-bond acceptors (Lipinski definition) is 5. The van der Waals surface area contributed by atoms with Crippen LogP contribution in [0.1, 0.15) is 18.1 Å². The SMILES string of the molecule is CCOc1cc(/C=C2/SC(=NC)N(C)C2=O)cc(Br)c1OCc1ccccc1F. The van der Waals surface area contributed by atoms with Gasteiger partial charge in [0.25, 0.3) is 5.91 Å². The summed E-state index contributed by atoms with van der Waals surface area (Å²) in [5.41, 5.74) is 1.23. The second-order valence-electron chi connectivity index (χ2n) is 6.12. The van der Waals surface area contributed by atoms with Crippen molar-refractivity contribution in [2.75, 3.05) is 20.7 Å². The minimum atomic E-state index is -0.322. The van der Waals surface area contributed by atoms with Crippen LogP contribution in [0.15, 0.2) is 50.8 Å². The molecule has 29 heavy (non-hydrogen) atoms. The Labute approximate surface area is 181 Å². The van der Waals surface area contributed by atoms with Gasteiger partial charge >= 0.3 is 0 Å². The highest BCUT2D eigenvalue weighted by Crippen LogP contribution is 2.39. The molecular weight excluding hydrogens is 459 g/mol. The number of likely N-dealkylation sites (N-methyl/N-ethyl adjacent to an activating group) is 1. The third kappa shape index (κ3) is 4.82. The third-order valence-corrected chi connectivity index (χ3v) is 5.89. The molecule has 1 amide bonds. The predicted octanol–water partition coefficient (Wildman–Crippen LogP) is 5.10. The van der Waals surface area contributed by atoms with Crippen LogP contribution in [-0.4, -0.2) is 36.7 Å². The summed E-state index contributed by atoms with van der Waals surface area (Å²) < 4.78 is 26.1. The molecule has 0 atom stereocenters. The van der Waals surface area contributed by atoms with Gasteiger partial charge in [-0.2, -0.15) is 0 Å². The van der Waals surface area contributed by atoms with Crippen molar-refractivity contribution in [3.8, 4) is 11.5 Å². The van der Waals surface area contributed by atoms with Gasteiger partial charge < -0.3 is 9.47 Å². The van der Waals surface area contributed by atoms with Gasteiger partial charge in [0.15, 0.2) is 16.7 Å². The number of carbonyl (C=O) groups is 1. The fraction of sp³-hybridized carbons (Fsp3) is 0.238. The smallest absolute Gasteiger partial charge is 0.266 e. The standard InChI is InChI=1S/C21H20BrFN2O3S/c1-4-27-17-10-13(11-18-20(26)25(3)21(24-2)29-18)9-15(22)19(17)28-12-14-7-5-6-8-16(14)23/h5-11H,4,12H2,1-3H3/b18-11+,24-21?. The molecule has 0 N–H and O–H groups in total. The highest BCUT2D eigenvalue weighted by atomic mass is 79.9. The first-order valence-corrected chi connectivity index (χ1v) is 10.5. The number of hydrogen-bond donors (Lipinski definition) is 0. The molecule has 152 valence electrons. The van der Waals surface area contributed by atoms with Crippen LogP contribution in [0.2, 0.25) is 0 Å². The summed E-state index contributed by atoms with van der Waals surface area (Å²) in [4.78, 5) is 18.6. The summed E-state index contributed by atoms with van der Waals surface area (Å²) >= 11 is 4.83. The lowest BCUT2D eigenvalue weighted by Gasteiger charge is -2.15. The van der Waals surface area contributed by atoms with Crippen molar-refractivity contribution in [1.29, 1.82) is 0 Å². The van der Waals surface area contributed by atoms with Crippen LogP contribution in [0.25, 0.3) is 6.08 Å². The minimum Gasteiger partial charge on any atom is -0.490 e. The summed E-state index contributed by atoms with van der Waals surface area (Å²) in [6, 6.07) is 10.1. The Balaban J connectivity index is 1.90. The average Bonchev–Trinajstić information content (AvgIpc) is 2.96. The minimum absolute atomic E-state index is 0.0707. The summed E-state index contributed by atoms with van der Waals surface area (Å²) in [7, 11) is 3.35. The summed E-state index contributed by atoms with van der Waals surface area (Å²) in [5, 5.41) is 0.648. The van der Waals surface area contributed by atoms with E-state index in [1.54, 1.807) is 44.4 Å². The van der Waals surface area contributed by atoms with E-state index in [2.05, 4.69) is 20.9 Å². The number of aliphatic imine (C=N–C) groups is 1. The number of thioether (sulfide) groups is 1. The Bertz CT molecular complexity index is 994. The summed E-state index contributed by atoms with van der Waals surface area (Å²) in [5.74, 6) is 0.565. The molecule has 8 heteroatoms. The maximum Gasteiger partial charge on any atom is 0.266 e. The second-order valence-corrected chi connectivity index (χ2v) is 7.99. The number of amidine groups is 1. The van der Waals surface area contributed by atoms with Gasteiger partial charge in [-0.3, -0.25) is 14.7 Å². The number of rotatable bonds is 6.